The zero-order chi connectivity index (χ0) is 10.9. The maximum Gasteiger partial charge on any atom is 0.276 e. The second-order valence-corrected chi connectivity index (χ2v) is 6.73. The summed E-state index contributed by atoms with van der Waals surface area (Å²) in [6, 6.07) is 3.87. The van der Waals surface area contributed by atoms with Crippen LogP contribution in [-0.2, 0) is 9.73 Å². The molecule has 1 N–H and O–H groups in total. The second kappa shape index (κ2) is 3.74. The average molecular weight is 242 g/mol. The lowest BCUT2D eigenvalue weighted by Crippen LogP contribution is -1.89. The van der Waals surface area contributed by atoms with Gasteiger partial charge < -0.3 is 0 Å². The van der Waals surface area contributed by atoms with Crippen LogP contribution in [-0.4, -0.2) is 31.9 Å². The Labute approximate surface area is 91.8 Å². The van der Waals surface area contributed by atoms with Crippen LogP contribution >= 0.6 is 11.3 Å². The summed E-state index contributed by atoms with van der Waals surface area (Å²) in [5.41, 5.74) is 0. The van der Waals surface area contributed by atoms with E-state index in [1.807, 2.05) is 17.5 Å². The topological polar surface area (TPSA) is 71.0 Å². The van der Waals surface area contributed by atoms with E-state index in [1.54, 1.807) is 23.8 Å². The Morgan fingerprint density at radius 3 is 2.93 bits per heavy atom. The minimum absolute atomic E-state index is 0.244. The number of H-pyrrole nitrogens is 1. The second-order valence-electron chi connectivity index (χ2n) is 3.23. The quantitative estimate of drug-likeness (QED) is 0.874. The van der Waals surface area contributed by atoms with Gasteiger partial charge in [-0.25, -0.2) is 4.21 Å². The monoisotopic (exact) mass is 242 g/mol. The molecule has 0 saturated carbocycles. The van der Waals surface area contributed by atoms with Gasteiger partial charge >= 0.3 is 0 Å². The van der Waals surface area contributed by atoms with Crippen molar-refractivity contribution in [3.05, 3.63) is 17.5 Å². The Bertz CT molecular complexity index is 555. The molecule has 0 aliphatic carbocycles. The molecule has 0 aliphatic heterocycles. The van der Waals surface area contributed by atoms with Crippen LogP contribution in [0.25, 0.3) is 10.7 Å². The number of aromatic amines is 1. The highest BCUT2D eigenvalue weighted by Crippen LogP contribution is 2.22. The molecule has 15 heavy (non-hydrogen) atoms. The van der Waals surface area contributed by atoms with Crippen molar-refractivity contribution in [2.75, 3.05) is 12.5 Å². The first kappa shape index (κ1) is 10.3. The van der Waals surface area contributed by atoms with Crippen molar-refractivity contribution in [2.45, 2.75) is 0 Å². The minimum atomic E-state index is -2.20. The number of hydrogen-bond donors (Lipinski definition) is 1. The Morgan fingerprint density at radius 2 is 2.33 bits per heavy atom. The third-order valence-corrected chi connectivity index (χ3v) is 3.01. The maximum atomic E-state index is 11.4. The first-order valence-corrected chi connectivity index (χ1v) is 7.39. The molecule has 0 fully saturated rings. The van der Waals surface area contributed by atoms with E-state index in [0.29, 0.717) is 5.82 Å². The Balaban J connectivity index is 2.38. The minimum Gasteiger partial charge on any atom is -0.256 e. The highest BCUT2D eigenvalue weighted by molar-refractivity contribution is 7.92. The van der Waals surface area contributed by atoms with Crippen LogP contribution in [0.5, 0.6) is 0 Å². The Kier molecular flexibility index (Phi) is 2.57. The van der Waals surface area contributed by atoms with Gasteiger partial charge in [0, 0.05) is 22.2 Å². The average Bonchev–Trinajstić information content (AvgIpc) is 2.68. The van der Waals surface area contributed by atoms with Gasteiger partial charge in [0.2, 0.25) is 0 Å². The number of nitrogens with zero attached hydrogens (tertiary/aromatic N) is 3. The van der Waals surface area contributed by atoms with E-state index in [9.17, 15) is 4.21 Å². The Hall–Kier alpha value is -1.21. The summed E-state index contributed by atoms with van der Waals surface area (Å²) in [7, 11) is -2.20. The summed E-state index contributed by atoms with van der Waals surface area (Å²) in [5, 5.41) is 8.60. The lowest BCUT2D eigenvalue weighted by atomic mass is 10.4. The molecule has 2 heterocycles. The van der Waals surface area contributed by atoms with Gasteiger partial charge in [-0.3, -0.25) is 5.10 Å². The van der Waals surface area contributed by atoms with Crippen LogP contribution in [0.15, 0.2) is 21.9 Å². The summed E-state index contributed by atoms with van der Waals surface area (Å²) >= 11 is 1.56. The molecule has 0 aliphatic rings. The lowest BCUT2D eigenvalue weighted by Gasteiger charge is -1.88. The van der Waals surface area contributed by atoms with E-state index in [4.69, 9.17) is 0 Å². The van der Waals surface area contributed by atoms with Gasteiger partial charge in [-0.2, -0.15) is 9.35 Å². The smallest absolute Gasteiger partial charge is 0.256 e. The summed E-state index contributed by atoms with van der Waals surface area (Å²) in [4.78, 5) is 5.12. The lowest BCUT2D eigenvalue weighted by molar-refractivity contribution is 0.684. The van der Waals surface area contributed by atoms with Crippen LogP contribution in [0.4, 0.5) is 5.95 Å². The van der Waals surface area contributed by atoms with E-state index in [1.165, 1.54) is 0 Å². The predicted molar refractivity (Wildman–Crippen MR) is 61.8 cm³/mol. The molecule has 0 unspecified atom stereocenters. The normalized spacial score (nSPS) is 11.6. The summed E-state index contributed by atoms with van der Waals surface area (Å²) in [5.74, 6) is 0.904. The van der Waals surface area contributed by atoms with Gasteiger partial charge in [0.05, 0.1) is 4.88 Å². The third kappa shape index (κ3) is 2.63. The summed E-state index contributed by atoms with van der Waals surface area (Å²) in [6.07, 6.45) is 3.10. The van der Waals surface area contributed by atoms with E-state index < -0.39 is 9.73 Å². The Morgan fingerprint density at radius 1 is 1.53 bits per heavy atom. The number of nitrogens with one attached hydrogen (secondary N) is 1. The summed E-state index contributed by atoms with van der Waals surface area (Å²) in [6.45, 7) is 0. The van der Waals surface area contributed by atoms with Gasteiger partial charge in [0.1, 0.15) is 0 Å². The first-order valence-electron chi connectivity index (χ1n) is 4.18. The van der Waals surface area contributed by atoms with Crippen molar-refractivity contribution in [3.63, 3.8) is 0 Å². The molecule has 0 atom stereocenters. The zero-order valence-corrected chi connectivity index (χ0v) is 9.93. The van der Waals surface area contributed by atoms with Gasteiger partial charge in [0.25, 0.3) is 5.95 Å². The van der Waals surface area contributed by atoms with Crippen molar-refractivity contribution >= 4 is 27.0 Å². The van der Waals surface area contributed by atoms with Gasteiger partial charge in [0.15, 0.2) is 5.82 Å². The molecule has 7 heteroatoms. The largest absolute Gasteiger partial charge is 0.276 e. The molecule has 2 aromatic heterocycles. The van der Waals surface area contributed by atoms with Crippen molar-refractivity contribution in [2.24, 2.45) is 4.36 Å². The third-order valence-electron chi connectivity index (χ3n) is 1.53. The fourth-order valence-electron chi connectivity index (χ4n) is 1.01. The molecular formula is C8H10N4OS2. The van der Waals surface area contributed by atoms with Crippen molar-refractivity contribution in [1.29, 1.82) is 0 Å². The van der Waals surface area contributed by atoms with Crippen molar-refractivity contribution < 1.29 is 4.21 Å². The van der Waals surface area contributed by atoms with Crippen LogP contribution in [0, 0.1) is 0 Å². The van der Waals surface area contributed by atoms with Gasteiger partial charge in [-0.05, 0) is 11.4 Å². The van der Waals surface area contributed by atoms with Crippen LogP contribution < -0.4 is 0 Å². The maximum absolute atomic E-state index is 11.4. The molecule has 5 nitrogen and oxygen atoms in total. The van der Waals surface area contributed by atoms with Crippen LogP contribution in [0.3, 0.4) is 0 Å². The highest BCUT2D eigenvalue weighted by atomic mass is 32.2. The van der Waals surface area contributed by atoms with Gasteiger partial charge in [-0.1, -0.05) is 6.07 Å². The predicted octanol–water partition coefficient (Wildman–Crippen LogP) is 1.89. The van der Waals surface area contributed by atoms with Crippen molar-refractivity contribution in [3.8, 4) is 10.7 Å². The molecule has 2 rings (SSSR count). The molecule has 2 aromatic rings. The SMILES string of the molecule is CS(C)(=O)=Nc1n[nH]c(-c2cccs2)n1. The fourth-order valence-corrected chi connectivity index (χ4v) is 2.15. The molecule has 80 valence electrons. The molecule has 0 bridgehead atoms. The number of rotatable bonds is 2. The fraction of sp³-hybridized carbons (Fsp3) is 0.250. The number of thiophene rings is 1. The van der Waals surface area contributed by atoms with E-state index in [-0.39, 0.29) is 5.95 Å². The number of aromatic nitrogens is 3. The molecular weight excluding hydrogens is 232 g/mol. The number of hydrogen-bond acceptors (Lipinski definition) is 5. The molecule has 0 radical (unpaired) electrons. The standard InChI is InChI=1S/C8H10N4OS2/c1-15(2,13)12-8-9-7(10-11-8)6-4-3-5-14-6/h3-5H,1-2H3,(H,9,10,11). The van der Waals surface area contributed by atoms with Gasteiger partial charge in [-0.15, -0.1) is 16.4 Å². The van der Waals surface area contributed by atoms with Crippen molar-refractivity contribution in [1.82, 2.24) is 15.2 Å². The molecule has 0 aromatic carbocycles. The summed E-state index contributed by atoms with van der Waals surface area (Å²) < 4.78 is 15.3. The van der Waals surface area contributed by atoms with Crippen LogP contribution in [0.1, 0.15) is 0 Å². The molecule has 0 spiro atoms. The molecule has 0 saturated heterocycles. The van der Waals surface area contributed by atoms with E-state index in [0.717, 1.165) is 4.88 Å². The molecule has 0 amide bonds. The zero-order valence-electron chi connectivity index (χ0n) is 8.30. The van der Waals surface area contributed by atoms with E-state index in [2.05, 4.69) is 19.5 Å². The van der Waals surface area contributed by atoms with Crippen LogP contribution in [0.2, 0.25) is 0 Å². The first-order chi connectivity index (χ1) is 7.04. The van der Waals surface area contributed by atoms with E-state index >= 15 is 0 Å². The highest BCUT2D eigenvalue weighted by Gasteiger charge is 2.05.